The summed E-state index contributed by atoms with van der Waals surface area (Å²) in [4.78, 5) is 11.3. The topological polar surface area (TPSA) is 46.5 Å². The minimum atomic E-state index is -1.30. The van der Waals surface area contributed by atoms with Gasteiger partial charge in [-0.15, -0.1) is 0 Å². The van der Waals surface area contributed by atoms with E-state index in [1.54, 1.807) is 0 Å². The zero-order chi connectivity index (χ0) is 9.64. The van der Waals surface area contributed by atoms with E-state index in [-0.39, 0.29) is 5.92 Å². The van der Waals surface area contributed by atoms with E-state index in [0.717, 1.165) is 12.8 Å². The molecule has 2 aliphatic rings. The molecule has 0 bridgehead atoms. The van der Waals surface area contributed by atoms with Crippen LogP contribution in [-0.4, -0.2) is 16.7 Å². The van der Waals surface area contributed by atoms with Crippen molar-refractivity contribution in [1.29, 1.82) is 0 Å². The third-order valence-corrected chi connectivity index (χ3v) is 3.01. The van der Waals surface area contributed by atoms with Gasteiger partial charge in [0.15, 0.2) is 5.60 Å². The SMILES string of the molecule is CC1C=C2OC(=O)C(C)(O)C2CC1. The predicted octanol–water partition coefficient (Wildman–Crippen LogP) is 1.22. The smallest absolute Gasteiger partial charge is 0.343 e. The maximum absolute atomic E-state index is 11.3. The van der Waals surface area contributed by atoms with Gasteiger partial charge in [0.2, 0.25) is 0 Å². The zero-order valence-corrected chi connectivity index (χ0v) is 7.91. The second-order valence-electron chi connectivity index (χ2n) is 4.21. The quantitative estimate of drug-likeness (QED) is 0.573. The molecule has 0 aromatic rings. The fourth-order valence-corrected chi connectivity index (χ4v) is 2.07. The van der Waals surface area contributed by atoms with E-state index < -0.39 is 11.6 Å². The molecule has 3 atom stereocenters. The van der Waals surface area contributed by atoms with Crippen molar-refractivity contribution in [2.45, 2.75) is 32.3 Å². The van der Waals surface area contributed by atoms with Gasteiger partial charge >= 0.3 is 5.97 Å². The van der Waals surface area contributed by atoms with E-state index in [1.807, 2.05) is 6.08 Å². The van der Waals surface area contributed by atoms with E-state index >= 15 is 0 Å². The Labute approximate surface area is 77.4 Å². The van der Waals surface area contributed by atoms with Crippen molar-refractivity contribution in [3.05, 3.63) is 11.8 Å². The molecule has 0 radical (unpaired) electrons. The molecule has 3 nitrogen and oxygen atoms in total. The number of allylic oxidation sites excluding steroid dienone is 1. The summed E-state index contributed by atoms with van der Waals surface area (Å²) in [5.74, 6) is 0.510. The molecule has 1 N–H and O–H groups in total. The number of fused-ring (bicyclic) bond motifs is 1. The Morgan fingerprint density at radius 1 is 1.62 bits per heavy atom. The highest BCUT2D eigenvalue weighted by atomic mass is 16.6. The summed E-state index contributed by atoms with van der Waals surface area (Å²) >= 11 is 0. The molecule has 13 heavy (non-hydrogen) atoms. The molecule has 0 saturated carbocycles. The molecular weight excluding hydrogens is 168 g/mol. The van der Waals surface area contributed by atoms with E-state index in [9.17, 15) is 9.90 Å². The van der Waals surface area contributed by atoms with Crippen LogP contribution < -0.4 is 0 Å². The predicted molar refractivity (Wildman–Crippen MR) is 46.7 cm³/mol. The van der Waals surface area contributed by atoms with Crippen LogP contribution in [0.15, 0.2) is 11.8 Å². The average Bonchev–Trinajstić information content (AvgIpc) is 2.23. The summed E-state index contributed by atoms with van der Waals surface area (Å²) in [5, 5.41) is 9.83. The first kappa shape index (κ1) is 8.75. The Morgan fingerprint density at radius 2 is 2.31 bits per heavy atom. The first-order valence-electron chi connectivity index (χ1n) is 4.68. The molecule has 1 aliphatic heterocycles. The molecule has 1 fully saturated rings. The van der Waals surface area contributed by atoms with Gasteiger partial charge in [0.25, 0.3) is 0 Å². The molecule has 0 aromatic heterocycles. The summed E-state index contributed by atoms with van der Waals surface area (Å²) in [7, 11) is 0. The van der Waals surface area contributed by atoms with Crippen molar-refractivity contribution >= 4 is 5.97 Å². The summed E-state index contributed by atoms with van der Waals surface area (Å²) in [5.41, 5.74) is -1.30. The number of esters is 1. The molecule has 1 heterocycles. The standard InChI is InChI=1S/C10H14O3/c1-6-3-4-7-8(5-6)13-9(11)10(7,2)12/h5-7,12H,3-4H2,1-2H3. The van der Waals surface area contributed by atoms with Gasteiger partial charge < -0.3 is 9.84 Å². The fourth-order valence-electron chi connectivity index (χ4n) is 2.07. The second-order valence-corrected chi connectivity index (χ2v) is 4.21. The van der Waals surface area contributed by atoms with Gasteiger partial charge in [0.05, 0.1) is 5.92 Å². The molecule has 1 saturated heterocycles. The van der Waals surface area contributed by atoms with Crippen LogP contribution in [0.5, 0.6) is 0 Å². The number of aliphatic hydroxyl groups is 1. The van der Waals surface area contributed by atoms with Crippen molar-refractivity contribution < 1.29 is 14.6 Å². The van der Waals surface area contributed by atoms with Crippen molar-refractivity contribution in [2.75, 3.05) is 0 Å². The number of rotatable bonds is 0. The van der Waals surface area contributed by atoms with Crippen molar-refractivity contribution in [1.82, 2.24) is 0 Å². The number of carbonyl (C=O) groups is 1. The van der Waals surface area contributed by atoms with Crippen LogP contribution in [0.25, 0.3) is 0 Å². The Balaban J connectivity index is 2.34. The van der Waals surface area contributed by atoms with Crippen LogP contribution in [0, 0.1) is 11.8 Å². The highest BCUT2D eigenvalue weighted by molar-refractivity contribution is 5.83. The minimum absolute atomic E-state index is 0.115. The lowest BCUT2D eigenvalue weighted by Crippen LogP contribution is -2.37. The fraction of sp³-hybridized carbons (Fsp3) is 0.700. The van der Waals surface area contributed by atoms with E-state index in [0.29, 0.717) is 11.7 Å². The normalized spacial score (nSPS) is 43.9. The van der Waals surface area contributed by atoms with Crippen LogP contribution in [0.1, 0.15) is 26.7 Å². The second kappa shape index (κ2) is 2.58. The minimum Gasteiger partial charge on any atom is -0.429 e. The lowest BCUT2D eigenvalue weighted by Gasteiger charge is -2.25. The van der Waals surface area contributed by atoms with Crippen molar-refractivity contribution in [2.24, 2.45) is 11.8 Å². The summed E-state index contributed by atoms with van der Waals surface area (Å²) < 4.78 is 5.02. The Hall–Kier alpha value is -0.830. The monoisotopic (exact) mass is 182 g/mol. The van der Waals surface area contributed by atoms with Gasteiger partial charge in [-0.25, -0.2) is 4.79 Å². The van der Waals surface area contributed by atoms with Gasteiger partial charge in [-0.3, -0.25) is 0 Å². The molecule has 0 spiro atoms. The van der Waals surface area contributed by atoms with Gasteiger partial charge in [-0.05, 0) is 31.8 Å². The number of carbonyl (C=O) groups excluding carboxylic acids is 1. The van der Waals surface area contributed by atoms with Crippen LogP contribution >= 0.6 is 0 Å². The summed E-state index contributed by atoms with van der Waals surface area (Å²) in [6.07, 6.45) is 3.81. The highest BCUT2D eigenvalue weighted by Crippen LogP contribution is 2.42. The molecule has 0 aromatic carbocycles. The highest BCUT2D eigenvalue weighted by Gasteiger charge is 2.51. The van der Waals surface area contributed by atoms with Crippen LogP contribution in [0.3, 0.4) is 0 Å². The van der Waals surface area contributed by atoms with Crippen molar-refractivity contribution in [3.8, 4) is 0 Å². The molecule has 1 aliphatic carbocycles. The van der Waals surface area contributed by atoms with Crippen molar-refractivity contribution in [3.63, 3.8) is 0 Å². The molecule has 72 valence electrons. The first-order chi connectivity index (χ1) is 6.01. The lowest BCUT2D eigenvalue weighted by molar-refractivity contribution is -0.151. The molecule has 2 rings (SSSR count). The maximum Gasteiger partial charge on any atom is 0.343 e. The third-order valence-electron chi connectivity index (χ3n) is 3.01. The van der Waals surface area contributed by atoms with E-state index in [4.69, 9.17) is 4.74 Å². The van der Waals surface area contributed by atoms with Gasteiger partial charge in [0, 0.05) is 0 Å². The molecule has 0 amide bonds. The average molecular weight is 182 g/mol. The molecule has 3 unspecified atom stereocenters. The van der Waals surface area contributed by atoms with Crippen LogP contribution in [0.2, 0.25) is 0 Å². The largest absolute Gasteiger partial charge is 0.429 e. The van der Waals surface area contributed by atoms with Gasteiger partial charge in [0.1, 0.15) is 5.76 Å². The maximum atomic E-state index is 11.3. The summed E-state index contributed by atoms with van der Waals surface area (Å²) in [6.45, 7) is 3.63. The van der Waals surface area contributed by atoms with Gasteiger partial charge in [-0.1, -0.05) is 6.92 Å². The van der Waals surface area contributed by atoms with Crippen LogP contribution in [0.4, 0.5) is 0 Å². The molecular formula is C10H14O3. The third kappa shape index (κ3) is 1.18. The summed E-state index contributed by atoms with van der Waals surface area (Å²) in [6, 6.07) is 0. The zero-order valence-electron chi connectivity index (χ0n) is 7.91. The van der Waals surface area contributed by atoms with E-state index in [2.05, 4.69) is 6.92 Å². The number of hydrogen-bond donors (Lipinski definition) is 1. The number of ether oxygens (including phenoxy) is 1. The van der Waals surface area contributed by atoms with Gasteiger partial charge in [-0.2, -0.15) is 0 Å². The van der Waals surface area contributed by atoms with Crippen LogP contribution in [-0.2, 0) is 9.53 Å². The van der Waals surface area contributed by atoms with E-state index in [1.165, 1.54) is 6.92 Å². The number of hydrogen-bond acceptors (Lipinski definition) is 3. The first-order valence-corrected chi connectivity index (χ1v) is 4.68. The Morgan fingerprint density at radius 3 is 3.00 bits per heavy atom. The Kier molecular flexibility index (Phi) is 1.74. The lowest BCUT2D eigenvalue weighted by atomic mass is 9.80. The Bertz CT molecular complexity index is 278. The molecule has 3 heteroatoms.